The van der Waals surface area contributed by atoms with Crippen molar-refractivity contribution in [3.8, 4) is 0 Å². The molecule has 1 aromatic carbocycles. The molecule has 0 bridgehead atoms. The molecule has 0 fully saturated rings. The van der Waals surface area contributed by atoms with Crippen LogP contribution >= 0.6 is 15.9 Å². The highest BCUT2D eigenvalue weighted by atomic mass is 79.9. The fourth-order valence-electron chi connectivity index (χ4n) is 1.82. The Labute approximate surface area is 112 Å². The van der Waals surface area contributed by atoms with Crippen LogP contribution in [0.25, 0.3) is 0 Å². The molecule has 0 saturated carbocycles. The van der Waals surface area contributed by atoms with Gasteiger partial charge in [0.25, 0.3) is 11.8 Å². The number of fused-ring (bicyclic) bond motifs is 1. The average Bonchev–Trinajstić information content (AvgIpc) is 2.51. The van der Waals surface area contributed by atoms with Crippen molar-refractivity contribution < 1.29 is 19.5 Å². The van der Waals surface area contributed by atoms with E-state index in [9.17, 15) is 14.4 Å². The lowest BCUT2D eigenvalue weighted by molar-refractivity contribution is -0.146. The monoisotopic (exact) mass is 311 g/mol. The Balaban J connectivity index is 2.56. The van der Waals surface area contributed by atoms with Crippen LogP contribution in [0.4, 0.5) is 0 Å². The minimum Gasteiger partial charge on any atom is -0.480 e. The molecule has 5 nitrogen and oxygen atoms in total. The van der Waals surface area contributed by atoms with Gasteiger partial charge in [-0.25, -0.2) is 4.79 Å². The Kier molecular flexibility index (Phi) is 2.77. The summed E-state index contributed by atoms with van der Waals surface area (Å²) in [5.74, 6) is -2.38. The van der Waals surface area contributed by atoms with Gasteiger partial charge in [0.2, 0.25) is 0 Å². The first-order chi connectivity index (χ1) is 8.26. The van der Waals surface area contributed by atoms with Crippen LogP contribution in [0.2, 0.25) is 0 Å². The second-order valence-electron chi connectivity index (χ2n) is 4.50. The maximum atomic E-state index is 12.1. The molecule has 0 radical (unpaired) electrons. The van der Waals surface area contributed by atoms with Crippen LogP contribution in [-0.2, 0) is 4.79 Å². The van der Waals surface area contributed by atoms with Crippen molar-refractivity contribution in [2.24, 2.45) is 0 Å². The molecule has 1 aliphatic rings. The highest BCUT2D eigenvalue weighted by molar-refractivity contribution is 9.10. The van der Waals surface area contributed by atoms with Crippen LogP contribution in [0.5, 0.6) is 0 Å². The topological polar surface area (TPSA) is 74.7 Å². The molecule has 94 valence electrons. The standard InChI is InChI=1S/C12H10BrNO4/c1-12(2,11(17)18)14-9(15)7-4-3-6(13)5-8(7)10(14)16/h3-5H,1-2H3,(H,17,18). The van der Waals surface area contributed by atoms with Gasteiger partial charge in [0.15, 0.2) is 0 Å². The van der Waals surface area contributed by atoms with E-state index in [1.54, 1.807) is 6.07 Å². The number of carbonyl (C=O) groups excluding carboxylic acids is 2. The van der Waals surface area contributed by atoms with E-state index in [2.05, 4.69) is 15.9 Å². The Hall–Kier alpha value is -1.69. The normalized spacial score (nSPS) is 14.9. The number of aliphatic carboxylic acids is 1. The van der Waals surface area contributed by atoms with Crippen LogP contribution in [-0.4, -0.2) is 33.3 Å². The van der Waals surface area contributed by atoms with Crippen LogP contribution in [0.1, 0.15) is 34.6 Å². The van der Waals surface area contributed by atoms with Crippen molar-refractivity contribution in [3.05, 3.63) is 33.8 Å². The van der Waals surface area contributed by atoms with Crippen molar-refractivity contribution in [3.63, 3.8) is 0 Å². The first-order valence-corrected chi connectivity index (χ1v) is 5.98. The largest absolute Gasteiger partial charge is 0.480 e. The smallest absolute Gasteiger partial charge is 0.329 e. The van der Waals surface area contributed by atoms with E-state index in [-0.39, 0.29) is 11.1 Å². The lowest BCUT2D eigenvalue weighted by atomic mass is 10.0. The molecule has 0 atom stereocenters. The number of hydrogen-bond donors (Lipinski definition) is 1. The summed E-state index contributed by atoms with van der Waals surface area (Å²) in [7, 11) is 0. The van der Waals surface area contributed by atoms with E-state index >= 15 is 0 Å². The zero-order valence-corrected chi connectivity index (χ0v) is 11.3. The summed E-state index contributed by atoms with van der Waals surface area (Å²) < 4.78 is 0.664. The average molecular weight is 312 g/mol. The van der Waals surface area contributed by atoms with Gasteiger partial charge in [-0.05, 0) is 32.0 Å². The number of carboxylic acids is 1. The van der Waals surface area contributed by atoms with Crippen LogP contribution in [0.3, 0.4) is 0 Å². The fraction of sp³-hybridized carbons (Fsp3) is 0.250. The van der Waals surface area contributed by atoms with E-state index in [4.69, 9.17) is 5.11 Å². The molecule has 0 unspecified atom stereocenters. The molecule has 0 aromatic heterocycles. The minimum atomic E-state index is -1.57. The third kappa shape index (κ3) is 1.64. The first kappa shape index (κ1) is 12.8. The molecule has 18 heavy (non-hydrogen) atoms. The fourth-order valence-corrected chi connectivity index (χ4v) is 2.18. The number of hydrogen-bond acceptors (Lipinski definition) is 3. The van der Waals surface area contributed by atoms with E-state index in [0.29, 0.717) is 4.47 Å². The molecule has 1 aromatic rings. The number of nitrogens with zero attached hydrogens (tertiary/aromatic N) is 1. The Morgan fingerprint density at radius 3 is 2.33 bits per heavy atom. The maximum Gasteiger partial charge on any atom is 0.329 e. The number of rotatable bonds is 2. The molecule has 2 amide bonds. The Morgan fingerprint density at radius 2 is 1.78 bits per heavy atom. The predicted molar refractivity (Wildman–Crippen MR) is 66.4 cm³/mol. The summed E-state index contributed by atoms with van der Waals surface area (Å²) in [4.78, 5) is 36.2. The minimum absolute atomic E-state index is 0.226. The molecular formula is C12H10BrNO4. The second-order valence-corrected chi connectivity index (χ2v) is 5.42. The van der Waals surface area contributed by atoms with E-state index in [1.807, 2.05) is 0 Å². The van der Waals surface area contributed by atoms with Gasteiger partial charge < -0.3 is 5.11 Å². The summed E-state index contributed by atoms with van der Waals surface area (Å²) in [6.45, 7) is 2.65. The van der Waals surface area contributed by atoms with E-state index in [0.717, 1.165) is 4.90 Å². The first-order valence-electron chi connectivity index (χ1n) is 5.18. The molecule has 0 aliphatic carbocycles. The van der Waals surface area contributed by atoms with Gasteiger partial charge >= 0.3 is 5.97 Å². The van der Waals surface area contributed by atoms with Gasteiger partial charge in [-0.3, -0.25) is 14.5 Å². The third-order valence-corrected chi connectivity index (χ3v) is 3.42. The van der Waals surface area contributed by atoms with E-state index in [1.165, 1.54) is 26.0 Å². The van der Waals surface area contributed by atoms with Gasteiger partial charge in [-0.1, -0.05) is 15.9 Å². The summed E-state index contributed by atoms with van der Waals surface area (Å²) in [6, 6.07) is 4.67. The zero-order valence-electron chi connectivity index (χ0n) is 9.73. The molecule has 1 aliphatic heterocycles. The van der Waals surface area contributed by atoms with Crippen molar-refractivity contribution in [1.29, 1.82) is 0 Å². The highest BCUT2D eigenvalue weighted by Gasteiger charge is 2.48. The zero-order chi connectivity index (χ0) is 13.7. The molecule has 2 rings (SSSR count). The number of amides is 2. The molecule has 0 spiro atoms. The van der Waals surface area contributed by atoms with Crippen LogP contribution in [0, 0.1) is 0 Å². The second kappa shape index (κ2) is 3.91. The Morgan fingerprint density at radius 1 is 1.22 bits per heavy atom. The quantitative estimate of drug-likeness (QED) is 0.847. The molecular weight excluding hydrogens is 302 g/mol. The summed E-state index contributed by atoms with van der Waals surface area (Å²) in [5, 5.41) is 9.12. The lowest BCUT2D eigenvalue weighted by Crippen LogP contribution is -2.52. The number of carboxylic acid groups (broad SMARTS) is 1. The maximum absolute atomic E-state index is 12.1. The van der Waals surface area contributed by atoms with Crippen molar-refractivity contribution >= 4 is 33.7 Å². The van der Waals surface area contributed by atoms with Gasteiger partial charge in [-0.15, -0.1) is 0 Å². The molecule has 0 saturated heterocycles. The van der Waals surface area contributed by atoms with E-state index < -0.39 is 23.3 Å². The van der Waals surface area contributed by atoms with Gasteiger partial charge in [0.05, 0.1) is 11.1 Å². The van der Waals surface area contributed by atoms with Crippen LogP contribution < -0.4 is 0 Å². The molecule has 1 N–H and O–H groups in total. The van der Waals surface area contributed by atoms with Gasteiger partial charge in [0, 0.05) is 4.47 Å². The van der Waals surface area contributed by atoms with Gasteiger partial charge in [-0.2, -0.15) is 0 Å². The summed E-state index contributed by atoms with van der Waals surface area (Å²) in [5.41, 5.74) is -1.11. The highest BCUT2D eigenvalue weighted by Crippen LogP contribution is 2.31. The number of imide groups is 1. The van der Waals surface area contributed by atoms with Crippen molar-refractivity contribution in [1.82, 2.24) is 4.90 Å². The lowest BCUT2D eigenvalue weighted by Gasteiger charge is -2.29. The predicted octanol–water partition coefficient (Wildman–Crippen LogP) is 1.91. The Bertz CT molecular complexity index is 579. The number of benzene rings is 1. The third-order valence-electron chi connectivity index (χ3n) is 2.93. The summed E-state index contributed by atoms with van der Waals surface area (Å²) >= 11 is 3.21. The molecule has 6 heteroatoms. The molecule has 1 heterocycles. The number of halogens is 1. The van der Waals surface area contributed by atoms with Crippen LogP contribution in [0.15, 0.2) is 22.7 Å². The number of carbonyl (C=O) groups is 3. The van der Waals surface area contributed by atoms with Gasteiger partial charge in [0.1, 0.15) is 5.54 Å². The van der Waals surface area contributed by atoms with Crippen molar-refractivity contribution in [2.75, 3.05) is 0 Å². The SMILES string of the molecule is CC(C)(C(=O)O)N1C(=O)c2ccc(Br)cc2C1=O. The van der Waals surface area contributed by atoms with Crippen molar-refractivity contribution in [2.45, 2.75) is 19.4 Å². The summed E-state index contributed by atoms with van der Waals surface area (Å²) in [6.07, 6.45) is 0.